The molecule has 0 aromatic rings. The predicted octanol–water partition coefficient (Wildman–Crippen LogP) is 0.236. The molecule has 2 bridgehead atoms. The summed E-state index contributed by atoms with van der Waals surface area (Å²) in [5.41, 5.74) is 0. The summed E-state index contributed by atoms with van der Waals surface area (Å²) in [7, 11) is -2.74. The Kier molecular flexibility index (Phi) is 3.30. The molecule has 3 heterocycles. The van der Waals surface area contributed by atoms with Gasteiger partial charge in [0.25, 0.3) is 0 Å². The van der Waals surface area contributed by atoms with Crippen molar-refractivity contribution in [1.29, 1.82) is 0 Å². The van der Waals surface area contributed by atoms with Crippen LogP contribution in [0.25, 0.3) is 0 Å². The van der Waals surface area contributed by atoms with Gasteiger partial charge in [0.1, 0.15) is 0 Å². The summed E-state index contributed by atoms with van der Waals surface area (Å²) in [6, 6.07) is 0. The summed E-state index contributed by atoms with van der Waals surface area (Å²) in [6.45, 7) is 5.39. The quantitative estimate of drug-likeness (QED) is 0.465. The van der Waals surface area contributed by atoms with E-state index in [2.05, 4.69) is 25.1 Å². The van der Waals surface area contributed by atoms with Crippen molar-refractivity contribution in [3.63, 3.8) is 0 Å². The molecule has 4 nitrogen and oxygen atoms in total. The molecule has 0 N–H and O–H groups in total. The van der Waals surface area contributed by atoms with E-state index in [1.807, 2.05) is 0 Å². The number of rotatable bonds is 0. The molecule has 6 heteroatoms. The maximum atomic E-state index is 5.63. The topological polar surface area (TPSA) is 30.9 Å². The molecule has 70 valence electrons. The summed E-state index contributed by atoms with van der Waals surface area (Å²) in [4.78, 5) is 2.32. The minimum absolute atomic E-state index is 0.767. The fraction of sp³-hybridized carbons (Fsp3) is 1.00. The first-order chi connectivity index (χ1) is 5.79. The van der Waals surface area contributed by atoms with E-state index in [4.69, 9.17) is 11.3 Å². The number of fused-ring (bicyclic) bond motifs is 6. The molecule has 3 aliphatic rings. The van der Waals surface area contributed by atoms with E-state index >= 15 is 0 Å². The Morgan fingerprint density at radius 2 is 1.33 bits per heavy atom. The van der Waals surface area contributed by atoms with E-state index in [9.17, 15) is 0 Å². The van der Waals surface area contributed by atoms with Crippen LogP contribution in [-0.2, 0) is 11.3 Å². The van der Waals surface area contributed by atoms with Crippen LogP contribution in [0, 0.1) is 0 Å². The van der Waals surface area contributed by atoms with Gasteiger partial charge in [-0.15, -0.1) is 0 Å². The first-order valence-electron chi connectivity index (χ1n) is 4.12. The summed E-state index contributed by atoms with van der Waals surface area (Å²) in [5.74, 6) is 0. The Labute approximate surface area is 86.5 Å². The molecule has 0 saturated carbocycles. The summed E-state index contributed by atoms with van der Waals surface area (Å²) in [5, 5.41) is 0. The fourth-order valence-corrected chi connectivity index (χ4v) is 7.42. The van der Waals surface area contributed by atoms with Crippen molar-refractivity contribution in [2.45, 2.75) is 0 Å². The van der Waals surface area contributed by atoms with Crippen LogP contribution in [0.5, 0.6) is 0 Å². The van der Waals surface area contributed by atoms with Crippen molar-refractivity contribution >= 4 is 31.2 Å². The zero-order valence-electron chi connectivity index (χ0n) is 6.79. The molecular weight excluding hydrogens is 334 g/mol. The van der Waals surface area contributed by atoms with Gasteiger partial charge in [0.2, 0.25) is 0 Å². The van der Waals surface area contributed by atoms with Gasteiger partial charge in [0, 0.05) is 0 Å². The molecule has 0 atom stereocenters. The molecule has 0 aliphatic carbocycles. The Bertz CT molecular complexity index is 144. The fourth-order valence-electron chi connectivity index (χ4n) is 1.35. The number of halogens is 1. The normalized spacial score (nSPS) is 43.2. The van der Waals surface area contributed by atoms with Gasteiger partial charge in [0.15, 0.2) is 0 Å². The van der Waals surface area contributed by atoms with E-state index < -0.39 is 11.0 Å². The molecule has 12 heavy (non-hydrogen) atoms. The molecule has 0 aromatic carbocycles. The summed E-state index contributed by atoms with van der Waals surface area (Å²) >= 11 is 2.26. The van der Waals surface area contributed by atoms with Crippen molar-refractivity contribution in [3.05, 3.63) is 0 Å². The van der Waals surface area contributed by atoms with Gasteiger partial charge in [-0.3, -0.25) is 0 Å². The zero-order chi connectivity index (χ0) is 8.44. The number of nitrogens with zero attached hydrogens (tertiary/aromatic N) is 1. The molecule has 3 fully saturated rings. The van der Waals surface area contributed by atoms with E-state index in [1.54, 1.807) is 0 Å². The van der Waals surface area contributed by atoms with Gasteiger partial charge in [-0.2, -0.15) is 0 Å². The van der Waals surface area contributed by atoms with Crippen LogP contribution in [-0.4, -0.2) is 55.3 Å². The third kappa shape index (κ3) is 2.32. The van der Waals surface area contributed by atoms with Crippen molar-refractivity contribution in [2.75, 3.05) is 39.5 Å². The van der Waals surface area contributed by atoms with Gasteiger partial charge in [-0.25, -0.2) is 0 Å². The SMILES string of the molecule is [I][Ge]12[O]CCN(CC[O]1)CC[O]2. The molecule has 3 aliphatic heterocycles. The van der Waals surface area contributed by atoms with E-state index in [0.717, 1.165) is 39.5 Å². The van der Waals surface area contributed by atoms with Gasteiger partial charge in [-0.05, 0) is 0 Å². The number of hydrogen-bond donors (Lipinski definition) is 0. The number of hydrogen-bond acceptors (Lipinski definition) is 4. The molecule has 0 spiro atoms. The van der Waals surface area contributed by atoms with Crippen LogP contribution in [0.3, 0.4) is 0 Å². The summed E-state index contributed by atoms with van der Waals surface area (Å²) in [6.07, 6.45) is 0. The molecule has 0 amide bonds. The molecule has 0 unspecified atom stereocenters. The van der Waals surface area contributed by atoms with Crippen LogP contribution in [0.4, 0.5) is 0 Å². The van der Waals surface area contributed by atoms with Crippen molar-refractivity contribution in [3.8, 4) is 0 Å². The minimum atomic E-state index is -2.74. The molecule has 0 aromatic heterocycles. The van der Waals surface area contributed by atoms with Gasteiger partial charge in [0.05, 0.1) is 0 Å². The average molecular weight is 346 g/mol. The van der Waals surface area contributed by atoms with Crippen LogP contribution in [0.15, 0.2) is 0 Å². The Morgan fingerprint density at radius 3 is 1.75 bits per heavy atom. The monoisotopic (exact) mass is 347 g/mol. The Hall–Kier alpha value is 1.11. The second kappa shape index (κ2) is 4.09. The van der Waals surface area contributed by atoms with Crippen LogP contribution in [0.2, 0.25) is 0 Å². The second-order valence-electron chi connectivity index (χ2n) is 2.87. The first kappa shape index (κ1) is 9.66. The summed E-state index contributed by atoms with van der Waals surface area (Å²) < 4.78 is 16.9. The van der Waals surface area contributed by atoms with E-state index in [-0.39, 0.29) is 0 Å². The van der Waals surface area contributed by atoms with E-state index in [1.165, 1.54) is 0 Å². The second-order valence-corrected chi connectivity index (χ2v) is 13.6. The Balaban J connectivity index is 2.06. The average Bonchev–Trinajstić information content (AvgIpc) is 1.93. The van der Waals surface area contributed by atoms with Gasteiger partial charge in [-0.1, -0.05) is 0 Å². The molecular formula is C6H12GeINO3. The van der Waals surface area contributed by atoms with Crippen LogP contribution >= 0.6 is 20.2 Å². The van der Waals surface area contributed by atoms with Crippen LogP contribution in [0.1, 0.15) is 0 Å². The first-order valence-corrected chi connectivity index (χ1v) is 13.1. The molecule has 3 saturated heterocycles. The third-order valence-corrected chi connectivity index (χ3v) is 10.4. The van der Waals surface area contributed by atoms with Crippen molar-refractivity contribution in [1.82, 2.24) is 4.90 Å². The van der Waals surface area contributed by atoms with Gasteiger partial charge >= 0.3 is 86.8 Å². The zero-order valence-corrected chi connectivity index (χ0v) is 11.0. The van der Waals surface area contributed by atoms with E-state index in [0.29, 0.717) is 0 Å². The van der Waals surface area contributed by atoms with Crippen LogP contribution < -0.4 is 0 Å². The third-order valence-electron chi connectivity index (χ3n) is 2.05. The van der Waals surface area contributed by atoms with Crippen molar-refractivity contribution < 1.29 is 11.3 Å². The maximum absolute atomic E-state index is 5.63. The standard InChI is InChI=1S/C6H12GeINO3/c8-7-10-4-1-9(2-5-11-7)3-6-12-7/h1-6H2. The molecule has 0 radical (unpaired) electrons. The van der Waals surface area contributed by atoms with Crippen molar-refractivity contribution in [2.24, 2.45) is 0 Å². The predicted molar refractivity (Wildman–Crippen MR) is 54.1 cm³/mol. The Morgan fingerprint density at radius 1 is 0.917 bits per heavy atom. The molecule has 3 rings (SSSR count). The van der Waals surface area contributed by atoms with Gasteiger partial charge < -0.3 is 0 Å².